The van der Waals surface area contributed by atoms with Gasteiger partial charge >= 0.3 is 12.1 Å². The number of hydrogen-bond acceptors (Lipinski definition) is 4. The molecule has 1 fully saturated rings. The van der Waals surface area contributed by atoms with Crippen LogP contribution < -0.4 is 16.1 Å². The average Bonchev–Trinajstić information content (AvgIpc) is 2.52. The molecule has 2 atom stereocenters. The predicted octanol–water partition coefficient (Wildman–Crippen LogP) is -0.904. The Kier molecular flexibility index (Phi) is 4.30. The van der Waals surface area contributed by atoms with Crippen LogP contribution in [0.3, 0.4) is 0 Å². The lowest BCUT2D eigenvalue weighted by Gasteiger charge is -2.03. The fourth-order valence-corrected chi connectivity index (χ4v) is 1.22. The van der Waals surface area contributed by atoms with Gasteiger partial charge < -0.3 is 20.9 Å². The molecule has 0 bridgehead atoms. The Balaban J connectivity index is 2.21. The molecule has 84 valence electrons. The monoisotopic (exact) mass is 232 g/mol. The van der Waals surface area contributed by atoms with Crippen LogP contribution in [-0.2, 0) is 9.53 Å². The summed E-state index contributed by atoms with van der Waals surface area (Å²) < 4.78 is 4.31. The van der Waals surface area contributed by atoms with Crippen molar-refractivity contribution in [2.24, 2.45) is 10.7 Å². The summed E-state index contributed by atoms with van der Waals surface area (Å²) in [4.78, 5) is 25.6. The van der Waals surface area contributed by atoms with E-state index in [1.54, 1.807) is 0 Å². The van der Waals surface area contributed by atoms with E-state index in [4.69, 9.17) is 5.73 Å². The van der Waals surface area contributed by atoms with E-state index in [0.717, 1.165) is 0 Å². The highest BCUT2D eigenvalue weighted by Crippen LogP contribution is 2.06. The topological polar surface area (TPSA) is 106 Å². The number of carbonyl (C=O) groups excluding carboxylic acids is 2. The molecule has 1 aliphatic rings. The molecule has 7 nitrogen and oxygen atoms in total. The van der Waals surface area contributed by atoms with Crippen LogP contribution in [0.1, 0.15) is 12.8 Å². The maximum absolute atomic E-state index is 11.0. The Hall–Kier alpha value is -1.36. The molecule has 0 aromatic heterocycles. The zero-order chi connectivity index (χ0) is 11.3. The van der Waals surface area contributed by atoms with Crippen LogP contribution >= 0.6 is 9.39 Å². The van der Waals surface area contributed by atoms with E-state index in [1.807, 2.05) is 0 Å². The lowest BCUT2D eigenvalue weighted by Crippen LogP contribution is -2.29. The van der Waals surface area contributed by atoms with Crippen molar-refractivity contribution in [2.75, 3.05) is 6.54 Å². The molecular formula is C7H13N4O3P. The minimum atomic E-state index is -0.681. The third kappa shape index (κ3) is 3.71. The third-order valence-corrected chi connectivity index (χ3v) is 2.15. The van der Waals surface area contributed by atoms with Gasteiger partial charge in [0.25, 0.3) is 0 Å². The quantitative estimate of drug-likeness (QED) is 0.145. The first-order valence-corrected chi connectivity index (χ1v) is 5.00. The van der Waals surface area contributed by atoms with Crippen LogP contribution in [0.5, 0.6) is 0 Å². The molecule has 0 saturated carbocycles. The van der Waals surface area contributed by atoms with E-state index in [-0.39, 0.29) is 0 Å². The lowest BCUT2D eigenvalue weighted by atomic mass is 10.2. The highest BCUT2D eigenvalue weighted by atomic mass is 31.0. The van der Waals surface area contributed by atoms with Crippen LogP contribution in [0.15, 0.2) is 4.99 Å². The maximum atomic E-state index is 11.0. The molecule has 4 N–H and O–H groups in total. The van der Waals surface area contributed by atoms with E-state index < -0.39 is 18.1 Å². The van der Waals surface area contributed by atoms with Crippen LogP contribution in [-0.4, -0.2) is 30.6 Å². The van der Waals surface area contributed by atoms with Crippen molar-refractivity contribution in [2.45, 2.75) is 18.9 Å². The molecule has 0 aromatic rings. The first-order chi connectivity index (χ1) is 7.13. The van der Waals surface area contributed by atoms with E-state index >= 15 is 0 Å². The Labute approximate surface area is 89.1 Å². The molecule has 1 amide bonds. The van der Waals surface area contributed by atoms with Crippen LogP contribution in [0.4, 0.5) is 4.79 Å². The van der Waals surface area contributed by atoms with Crippen molar-refractivity contribution >= 4 is 27.4 Å². The summed E-state index contributed by atoms with van der Waals surface area (Å²) in [5.74, 6) is -0.209. The summed E-state index contributed by atoms with van der Waals surface area (Å²) >= 11 is 0. The molecule has 1 aliphatic heterocycles. The van der Waals surface area contributed by atoms with Crippen molar-refractivity contribution < 1.29 is 14.3 Å². The minimum absolute atomic E-state index is 0.318. The third-order valence-electron chi connectivity index (χ3n) is 1.85. The van der Waals surface area contributed by atoms with Crippen LogP contribution in [0.2, 0.25) is 0 Å². The lowest BCUT2D eigenvalue weighted by molar-refractivity contribution is -0.135. The van der Waals surface area contributed by atoms with Crippen molar-refractivity contribution in [1.29, 1.82) is 0 Å². The van der Waals surface area contributed by atoms with Gasteiger partial charge in [-0.15, -0.1) is 0 Å². The molecule has 0 aromatic carbocycles. The second kappa shape index (κ2) is 5.50. The number of nitrogens with two attached hydrogens (primary N) is 1. The van der Waals surface area contributed by atoms with Gasteiger partial charge in [-0.25, -0.2) is 9.59 Å². The number of ether oxygens (including phenoxy) is 1. The number of aliphatic imine (C=N–C) groups is 1. The summed E-state index contributed by atoms with van der Waals surface area (Å²) in [7, 11) is 2.22. The summed E-state index contributed by atoms with van der Waals surface area (Å²) in [6.07, 6.45) is 0.463. The molecule has 1 heterocycles. The van der Waals surface area contributed by atoms with Crippen molar-refractivity contribution in [3.05, 3.63) is 0 Å². The SMILES string of the molecule is NC(=NCCCC1NC(=O)OC1=O)NP. The van der Waals surface area contributed by atoms with Gasteiger partial charge in [0.2, 0.25) is 0 Å². The molecule has 0 radical (unpaired) electrons. The first-order valence-electron chi connectivity index (χ1n) is 4.42. The highest BCUT2D eigenvalue weighted by Gasteiger charge is 2.31. The van der Waals surface area contributed by atoms with E-state index in [1.165, 1.54) is 0 Å². The zero-order valence-electron chi connectivity index (χ0n) is 8.03. The number of nitrogens with zero attached hydrogens (tertiary/aromatic N) is 1. The molecule has 1 rings (SSSR count). The summed E-state index contributed by atoms with van der Waals surface area (Å²) in [6.45, 7) is 0.493. The van der Waals surface area contributed by atoms with E-state index in [0.29, 0.717) is 25.3 Å². The van der Waals surface area contributed by atoms with Gasteiger partial charge in [0, 0.05) is 6.54 Å². The number of rotatable bonds is 4. The van der Waals surface area contributed by atoms with Gasteiger partial charge in [0.15, 0.2) is 5.96 Å². The van der Waals surface area contributed by atoms with Gasteiger partial charge in [-0.3, -0.25) is 4.99 Å². The van der Waals surface area contributed by atoms with E-state index in [2.05, 4.69) is 29.5 Å². The van der Waals surface area contributed by atoms with Crippen LogP contribution in [0, 0.1) is 0 Å². The number of cyclic esters (lactones) is 2. The summed E-state index contributed by atoms with van der Waals surface area (Å²) in [5, 5.41) is 4.99. The average molecular weight is 232 g/mol. The number of esters is 1. The Morgan fingerprint density at radius 2 is 2.40 bits per heavy atom. The fourth-order valence-electron chi connectivity index (χ4n) is 1.12. The van der Waals surface area contributed by atoms with Gasteiger partial charge in [-0.1, -0.05) is 0 Å². The Morgan fingerprint density at radius 1 is 1.67 bits per heavy atom. The maximum Gasteiger partial charge on any atom is 0.415 e. The number of nitrogens with one attached hydrogen (secondary N) is 2. The second-order valence-corrected chi connectivity index (χ2v) is 3.25. The van der Waals surface area contributed by atoms with Gasteiger partial charge in [0.1, 0.15) is 6.04 Å². The summed E-state index contributed by atoms with van der Waals surface area (Å²) in [6, 6.07) is -0.544. The molecule has 0 spiro atoms. The molecule has 15 heavy (non-hydrogen) atoms. The summed E-state index contributed by atoms with van der Waals surface area (Å²) in [5.41, 5.74) is 5.37. The number of alkyl carbamates (subject to hydrolysis) is 1. The Morgan fingerprint density at radius 3 is 2.93 bits per heavy atom. The minimum Gasteiger partial charge on any atom is -0.375 e. The number of amides is 1. The number of guanidine groups is 1. The molecule has 0 aliphatic carbocycles. The number of hydrogen-bond donors (Lipinski definition) is 3. The molecule has 2 unspecified atom stereocenters. The normalized spacial score (nSPS) is 21.1. The van der Waals surface area contributed by atoms with Gasteiger partial charge in [0.05, 0.1) is 0 Å². The fraction of sp³-hybridized carbons (Fsp3) is 0.571. The highest BCUT2D eigenvalue weighted by molar-refractivity contribution is 7.15. The second-order valence-electron chi connectivity index (χ2n) is 2.96. The van der Waals surface area contributed by atoms with Crippen molar-refractivity contribution in [3.63, 3.8) is 0 Å². The number of carbonyl (C=O) groups is 2. The smallest absolute Gasteiger partial charge is 0.375 e. The van der Waals surface area contributed by atoms with Gasteiger partial charge in [-0.05, 0) is 22.2 Å². The molecule has 1 saturated heterocycles. The Bertz CT molecular complexity index is 294. The van der Waals surface area contributed by atoms with Crippen LogP contribution in [0.25, 0.3) is 0 Å². The van der Waals surface area contributed by atoms with Crippen molar-refractivity contribution in [1.82, 2.24) is 10.4 Å². The van der Waals surface area contributed by atoms with E-state index in [9.17, 15) is 9.59 Å². The van der Waals surface area contributed by atoms with Crippen molar-refractivity contribution in [3.8, 4) is 0 Å². The zero-order valence-corrected chi connectivity index (χ0v) is 9.18. The predicted molar refractivity (Wildman–Crippen MR) is 57.0 cm³/mol. The molecular weight excluding hydrogens is 219 g/mol. The molecule has 8 heteroatoms. The first kappa shape index (κ1) is 11.7. The largest absolute Gasteiger partial charge is 0.415 e. The standard InChI is InChI=1S/C7H13N4O3P/c8-6(11-15)9-3-1-2-4-5(12)14-7(13)10-4/h4H,1-3,15H2,(H,10,13)(H3,8,9,11). The van der Waals surface area contributed by atoms with Gasteiger partial charge in [-0.2, -0.15) is 0 Å².